The number of imide groups is 1. The Bertz CT molecular complexity index is 922. The Morgan fingerprint density at radius 1 is 1.08 bits per heavy atom. The van der Waals surface area contributed by atoms with Gasteiger partial charge in [-0.15, -0.1) is 0 Å². The average molecular weight is 366 g/mol. The number of carbonyl (C=O) groups is 2. The van der Waals surface area contributed by atoms with E-state index in [4.69, 9.17) is 0 Å². The van der Waals surface area contributed by atoms with Crippen LogP contribution in [0, 0.1) is 10.1 Å². The van der Waals surface area contributed by atoms with Crippen molar-refractivity contribution in [3.8, 4) is 0 Å². The zero-order valence-electron chi connectivity index (χ0n) is 13.6. The maximum atomic E-state index is 12.4. The van der Waals surface area contributed by atoms with E-state index in [0.717, 1.165) is 17.3 Å². The normalized spacial score (nSPS) is 16.0. The summed E-state index contributed by atoms with van der Waals surface area (Å²) in [6.07, 6.45) is 4.81. The number of hydrogen-bond donors (Lipinski definition) is 0. The minimum atomic E-state index is -0.466. The van der Waals surface area contributed by atoms with Crippen LogP contribution in [-0.4, -0.2) is 21.0 Å². The lowest BCUT2D eigenvalue weighted by Crippen LogP contribution is -2.27. The fourth-order valence-electron chi connectivity index (χ4n) is 2.41. The van der Waals surface area contributed by atoms with E-state index in [1.54, 1.807) is 30.4 Å². The zero-order valence-corrected chi connectivity index (χ0v) is 14.4. The van der Waals surface area contributed by atoms with E-state index < -0.39 is 4.92 Å². The molecule has 26 heavy (non-hydrogen) atoms. The minimum absolute atomic E-state index is 0.00432. The van der Waals surface area contributed by atoms with Crippen LogP contribution in [0.3, 0.4) is 0 Å². The molecule has 1 fully saturated rings. The van der Waals surface area contributed by atoms with Crippen LogP contribution in [-0.2, 0) is 11.3 Å². The van der Waals surface area contributed by atoms with Crippen LogP contribution in [0.15, 0.2) is 71.7 Å². The van der Waals surface area contributed by atoms with Crippen LogP contribution >= 0.6 is 11.8 Å². The van der Waals surface area contributed by atoms with Crippen molar-refractivity contribution >= 4 is 34.7 Å². The smallest absolute Gasteiger partial charge is 0.268 e. The Hall–Kier alpha value is -3.19. The summed E-state index contributed by atoms with van der Waals surface area (Å²) in [6.45, 7) is 0.234. The van der Waals surface area contributed by atoms with E-state index in [2.05, 4.69) is 0 Å². The first-order valence-electron chi connectivity index (χ1n) is 7.75. The monoisotopic (exact) mass is 366 g/mol. The lowest BCUT2D eigenvalue weighted by Gasteiger charge is -2.11. The minimum Gasteiger partial charge on any atom is -0.268 e. The summed E-state index contributed by atoms with van der Waals surface area (Å²) in [5.74, 6) is -0.340. The number of non-ortho nitro benzene ring substituents is 1. The molecule has 2 amide bonds. The molecule has 130 valence electrons. The second-order valence-electron chi connectivity index (χ2n) is 5.49. The predicted molar refractivity (Wildman–Crippen MR) is 100 cm³/mol. The van der Waals surface area contributed by atoms with Crippen molar-refractivity contribution in [2.45, 2.75) is 6.54 Å². The molecule has 3 rings (SSSR count). The van der Waals surface area contributed by atoms with Gasteiger partial charge in [-0.2, -0.15) is 0 Å². The van der Waals surface area contributed by atoms with Crippen LogP contribution < -0.4 is 0 Å². The van der Waals surface area contributed by atoms with Gasteiger partial charge in [0.15, 0.2) is 0 Å². The Morgan fingerprint density at radius 2 is 1.85 bits per heavy atom. The fourth-order valence-corrected chi connectivity index (χ4v) is 3.19. The highest BCUT2D eigenvalue weighted by atomic mass is 32.2. The summed E-state index contributed by atoms with van der Waals surface area (Å²) in [5, 5.41) is 10.5. The number of nitro groups is 1. The number of allylic oxidation sites excluding steroid dienone is 2. The standard InChI is InChI=1S/C19H14N2O4S/c22-18-17(11-5-9-14-8-4-10-16(12-14)21(24)25)26-19(23)20(18)13-15-6-2-1-3-7-15/h1-12H,13H2/b9-5+,17-11-. The number of thioether (sulfide) groups is 1. The molecule has 1 heterocycles. The van der Waals surface area contributed by atoms with Crippen molar-refractivity contribution in [2.24, 2.45) is 0 Å². The Labute approximate surface area is 154 Å². The molecule has 2 aromatic carbocycles. The van der Waals surface area contributed by atoms with Gasteiger partial charge in [-0.3, -0.25) is 24.6 Å². The van der Waals surface area contributed by atoms with Gasteiger partial charge in [0.05, 0.1) is 16.4 Å². The summed E-state index contributed by atoms with van der Waals surface area (Å²) >= 11 is 0.883. The third-order valence-electron chi connectivity index (χ3n) is 3.67. The van der Waals surface area contributed by atoms with Crippen molar-refractivity contribution in [2.75, 3.05) is 0 Å². The first-order chi connectivity index (χ1) is 12.5. The van der Waals surface area contributed by atoms with Crippen LogP contribution in [0.2, 0.25) is 0 Å². The summed E-state index contributed by atoms with van der Waals surface area (Å²) in [6, 6.07) is 15.4. The Morgan fingerprint density at radius 3 is 2.58 bits per heavy atom. The summed E-state index contributed by atoms with van der Waals surface area (Å²) in [4.78, 5) is 36.3. The molecule has 0 radical (unpaired) electrons. The molecule has 0 aromatic heterocycles. The third-order valence-corrected chi connectivity index (χ3v) is 4.60. The van der Waals surface area contributed by atoms with Gasteiger partial charge in [0.2, 0.25) is 0 Å². The van der Waals surface area contributed by atoms with E-state index in [9.17, 15) is 19.7 Å². The summed E-state index contributed by atoms with van der Waals surface area (Å²) < 4.78 is 0. The van der Waals surface area contributed by atoms with E-state index in [1.165, 1.54) is 17.0 Å². The van der Waals surface area contributed by atoms with Gasteiger partial charge in [-0.25, -0.2) is 0 Å². The van der Waals surface area contributed by atoms with Gasteiger partial charge in [0.1, 0.15) is 0 Å². The number of rotatable bonds is 5. The molecule has 0 bridgehead atoms. The van der Waals surface area contributed by atoms with E-state index in [1.807, 2.05) is 30.3 Å². The number of carbonyl (C=O) groups excluding carboxylic acids is 2. The Kier molecular flexibility index (Phi) is 5.28. The summed E-state index contributed by atoms with van der Waals surface area (Å²) in [7, 11) is 0. The highest BCUT2D eigenvalue weighted by Gasteiger charge is 2.34. The average Bonchev–Trinajstić information content (AvgIpc) is 2.90. The first-order valence-corrected chi connectivity index (χ1v) is 8.56. The van der Waals surface area contributed by atoms with Crippen LogP contribution in [0.25, 0.3) is 6.08 Å². The zero-order chi connectivity index (χ0) is 18.5. The van der Waals surface area contributed by atoms with E-state index >= 15 is 0 Å². The molecule has 0 saturated carbocycles. The molecule has 6 nitrogen and oxygen atoms in total. The van der Waals surface area contributed by atoms with E-state index in [0.29, 0.717) is 10.5 Å². The largest absolute Gasteiger partial charge is 0.293 e. The SMILES string of the molecule is O=C1S/C(=C\C=C\c2cccc([N+](=O)[O-])c2)C(=O)N1Cc1ccccc1. The molecule has 0 atom stereocenters. The predicted octanol–water partition coefficient (Wildman–Crippen LogP) is 4.39. The molecule has 0 aliphatic carbocycles. The number of nitrogens with zero attached hydrogens (tertiary/aromatic N) is 2. The second kappa shape index (κ2) is 7.79. The van der Waals surface area contributed by atoms with Gasteiger partial charge in [-0.05, 0) is 29.0 Å². The quantitative estimate of drug-likeness (QED) is 0.445. The Balaban J connectivity index is 1.71. The van der Waals surface area contributed by atoms with Crippen molar-refractivity contribution < 1.29 is 14.5 Å². The number of hydrogen-bond acceptors (Lipinski definition) is 5. The van der Waals surface area contributed by atoms with Gasteiger partial charge < -0.3 is 0 Å². The molecule has 1 aliphatic rings. The molecular formula is C19H14N2O4S. The molecule has 2 aromatic rings. The van der Waals surface area contributed by atoms with Gasteiger partial charge in [0, 0.05) is 12.1 Å². The molecule has 7 heteroatoms. The van der Waals surface area contributed by atoms with Gasteiger partial charge in [-0.1, -0.05) is 54.6 Å². The van der Waals surface area contributed by atoms with E-state index in [-0.39, 0.29) is 23.4 Å². The van der Waals surface area contributed by atoms with Crippen molar-refractivity contribution in [3.05, 3.63) is 92.9 Å². The molecule has 0 unspecified atom stereocenters. The topological polar surface area (TPSA) is 80.5 Å². The molecular weight excluding hydrogens is 352 g/mol. The summed E-state index contributed by atoms with van der Waals surface area (Å²) in [5.41, 5.74) is 1.51. The second-order valence-corrected chi connectivity index (χ2v) is 6.48. The molecule has 0 N–H and O–H groups in total. The van der Waals surface area contributed by atoms with Crippen molar-refractivity contribution in [1.29, 1.82) is 0 Å². The lowest BCUT2D eigenvalue weighted by atomic mass is 10.2. The van der Waals surface area contributed by atoms with Gasteiger partial charge >= 0.3 is 0 Å². The molecule has 1 saturated heterocycles. The first kappa shape index (κ1) is 17.6. The van der Waals surface area contributed by atoms with Gasteiger partial charge in [0.25, 0.3) is 16.8 Å². The molecule has 1 aliphatic heterocycles. The number of benzene rings is 2. The van der Waals surface area contributed by atoms with Crippen LogP contribution in [0.5, 0.6) is 0 Å². The van der Waals surface area contributed by atoms with Crippen LogP contribution in [0.4, 0.5) is 10.5 Å². The lowest BCUT2D eigenvalue weighted by molar-refractivity contribution is -0.384. The van der Waals surface area contributed by atoms with Crippen molar-refractivity contribution in [3.63, 3.8) is 0 Å². The maximum absolute atomic E-state index is 12.4. The third kappa shape index (κ3) is 4.07. The highest BCUT2D eigenvalue weighted by Crippen LogP contribution is 2.31. The molecule has 0 spiro atoms. The fraction of sp³-hybridized carbons (Fsp3) is 0.0526. The maximum Gasteiger partial charge on any atom is 0.293 e. The number of amides is 2. The van der Waals surface area contributed by atoms with Crippen molar-refractivity contribution in [1.82, 2.24) is 4.90 Å². The number of nitro benzene ring substituents is 1. The van der Waals surface area contributed by atoms with Crippen LogP contribution in [0.1, 0.15) is 11.1 Å². The highest BCUT2D eigenvalue weighted by molar-refractivity contribution is 8.18.